The summed E-state index contributed by atoms with van der Waals surface area (Å²) in [6, 6.07) is 43.3. The maximum absolute atomic E-state index is 6.61. The molecule has 0 aliphatic heterocycles. The second kappa shape index (κ2) is 8.09. The maximum atomic E-state index is 6.61. The Morgan fingerprint density at radius 3 is 2.23 bits per heavy atom. The minimum absolute atomic E-state index is 0.0213. The molecule has 0 radical (unpaired) electrons. The van der Waals surface area contributed by atoms with Gasteiger partial charge in [-0.2, -0.15) is 0 Å². The van der Waals surface area contributed by atoms with E-state index >= 15 is 0 Å². The van der Waals surface area contributed by atoms with Crippen LogP contribution in [0.25, 0.3) is 55.0 Å². The van der Waals surface area contributed by atoms with Gasteiger partial charge in [0.2, 0.25) is 0 Å². The zero-order valence-corrected chi connectivity index (χ0v) is 22.0. The molecule has 0 spiro atoms. The summed E-state index contributed by atoms with van der Waals surface area (Å²) in [4.78, 5) is 0. The molecule has 2 heteroatoms. The topological polar surface area (TPSA) is 25.2 Å². The van der Waals surface area contributed by atoms with Gasteiger partial charge in [0.15, 0.2) is 0 Å². The highest BCUT2D eigenvalue weighted by Gasteiger charge is 2.36. The number of nitrogens with one attached hydrogen (secondary N) is 1. The monoisotopic (exact) mass is 501 g/mol. The maximum Gasteiger partial charge on any atom is 0.143 e. The molecule has 0 atom stereocenters. The molecule has 0 bridgehead atoms. The first-order valence-corrected chi connectivity index (χ1v) is 13.5. The van der Waals surface area contributed by atoms with Crippen molar-refractivity contribution < 1.29 is 4.42 Å². The minimum Gasteiger partial charge on any atom is -0.455 e. The quantitative estimate of drug-likeness (QED) is 0.260. The van der Waals surface area contributed by atoms with E-state index in [1.165, 1.54) is 27.6 Å². The molecule has 1 aliphatic rings. The van der Waals surface area contributed by atoms with Crippen LogP contribution in [-0.4, -0.2) is 0 Å². The molecule has 0 fully saturated rings. The van der Waals surface area contributed by atoms with Gasteiger partial charge in [-0.1, -0.05) is 111 Å². The number of para-hydroxylation sites is 1. The number of hydrogen-bond donors (Lipinski definition) is 1. The fourth-order valence-electron chi connectivity index (χ4n) is 6.53. The first-order valence-electron chi connectivity index (χ1n) is 13.5. The van der Waals surface area contributed by atoms with Crippen molar-refractivity contribution in [2.24, 2.45) is 0 Å². The van der Waals surface area contributed by atoms with Crippen LogP contribution < -0.4 is 5.32 Å². The van der Waals surface area contributed by atoms with Gasteiger partial charge in [0.1, 0.15) is 11.2 Å². The third-order valence-electron chi connectivity index (χ3n) is 8.45. The van der Waals surface area contributed by atoms with Crippen LogP contribution in [0.3, 0.4) is 0 Å². The third kappa shape index (κ3) is 3.21. The molecule has 0 saturated carbocycles. The summed E-state index contributed by atoms with van der Waals surface area (Å²) in [6.45, 7) is 4.64. The standard InChI is InChI=1S/C37H27NO/c1-37(2)31-17-6-5-14-30(31)34-32(37)18-9-19-33(34)38-25-12-7-11-24(22-25)27-15-8-16-28-29-21-20-23-10-3-4-13-26(23)35(29)39-36(27)28/h3-22,38H,1-2H3. The predicted octanol–water partition coefficient (Wildman–Crippen LogP) is 10.5. The molecule has 39 heavy (non-hydrogen) atoms. The van der Waals surface area contributed by atoms with Crippen molar-refractivity contribution in [2.75, 3.05) is 5.32 Å². The first-order chi connectivity index (χ1) is 19.1. The Kier molecular flexibility index (Phi) is 4.60. The number of furan rings is 1. The van der Waals surface area contributed by atoms with Crippen molar-refractivity contribution >= 4 is 44.1 Å². The Morgan fingerprint density at radius 2 is 1.28 bits per heavy atom. The van der Waals surface area contributed by atoms with Crippen LogP contribution >= 0.6 is 0 Å². The second-order valence-corrected chi connectivity index (χ2v) is 11.1. The summed E-state index contributed by atoms with van der Waals surface area (Å²) >= 11 is 0. The molecule has 7 aromatic rings. The molecular formula is C37H27NO. The van der Waals surface area contributed by atoms with E-state index in [4.69, 9.17) is 4.42 Å². The average molecular weight is 502 g/mol. The van der Waals surface area contributed by atoms with E-state index in [9.17, 15) is 0 Å². The van der Waals surface area contributed by atoms with Crippen molar-refractivity contribution in [3.05, 3.63) is 132 Å². The van der Waals surface area contributed by atoms with Crippen molar-refractivity contribution in [3.8, 4) is 22.3 Å². The van der Waals surface area contributed by atoms with Gasteiger partial charge in [-0.3, -0.25) is 0 Å². The SMILES string of the molecule is CC1(C)c2ccccc2-c2c(Nc3cccc(-c4cccc5c4oc4c6ccccc6ccc54)c3)cccc21. The molecule has 0 amide bonds. The molecule has 1 heterocycles. The molecule has 186 valence electrons. The summed E-state index contributed by atoms with van der Waals surface area (Å²) < 4.78 is 6.61. The Hall–Kier alpha value is -4.82. The predicted molar refractivity (Wildman–Crippen MR) is 164 cm³/mol. The smallest absolute Gasteiger partial charge is 0.143 e. The molecule has 1 aliphatic carbocycles. The van der Waals surface area contributed by atoms with Gasteiger partial charge in [0.05, 0.1) is 0 Å². The van der Waals surface area contributed by atoms with Crippen LogP contribution in [0.4, 0.5) is 11.4 Å². The normalized spacial score (nSPS) is 13.6. The van der Waals surface area contributed by atoms with Crippen molar-refractivity contribution in [1.82, 2.24) is 0 Å². The largest absolute Gasteiger partial charge is 0.455 e. The summed E-state index contributed by atoms with van der Waals surface area (Å²) in [6.07, 6.45) is 0. The van der Waals surface area contributed by atoms with Crippen LogP contribution in [0.1, 0.15) is 25.0 Å². The van der Waals surface area contributed by atoms with E-state index in [1.54, 1.807) is 0 Å². The van der Waals surface area contributed by atoms with Gasteiger partial charge < -0.3 is 9.73 Å². The van der Waals surface area contributed by atoms with Gasteiger partial charge in [-0.15, -0.1) is 0 Å². The number of fused-ring (bicyclic) bond motifs is 8. The van der Waals surface area contributed by atoms with Crippen molar-refractivity contribution in [2.45, 2.75) is 19.3 Å². The summed E-state index contributed by atoms with van der Waals surface area (Å²) in [5, 5.41) is 8.40. The number of hydrogen-bond acceptors (Lipinski definition) is 2. The fourth-order valence-corrected chi connectivity index (χ4v) is 6.53. The van der Waals surface area contributed by atoms with Crippen molar-refractivity contribution in [1.29, 1.82) is 0 Å². The molecule has 1 aromatic heterocycles. The molecule has 6 aromatic carbocycles. The number of rotatable bonds is 3. The zero-order valence-electron chi connectivity index (χ0n) is 22.0. The molecule has 0 unspecified atom stereocenters. The molecule has 8 rings (SSSR count). The average Bonchev–Trinajstić information content (AvgIpc) is 3.47. The summed E-state index contributed by atoms with van der Waals surface area (Å²) in [5.74, 6) is 0. The van der Waals surface area contributed by atoms with Crippen LogP contribution in [0.15, 0.2) is 126 Å². The number of benzene rings is 6. The summed E-state index contributed by atoms with van der Waals surface area (Å²) in [5.41, 5.74) is 11.6. The van der Waals surface area contributed by atoms with E-state index in [1.807, 2.05) is 0 Å². The lowest BCUT2D eigenvalue weighted by Gasteiger charge is -2.21. The van der Waals surface area contributed by atoms with Crippen LogP contribution in [-0.2, 0) is 5.41 Å². The lowest BCUT2D eigenvalue weighted by atomic mass is 9.82. The Balaban J connectivity index is 1.25. The number of anilines is 2. The molecule has 1 N–H and O–H groups in total. The van der Waals surface area contributed by atoms with Gasteiger partial charge in [-0.05, 0) is 51.9 Å². The van der Waals surface area contributed by atoms with E-state index in [0.717, 1.165) is 49.8 Å². The van der Waals surface area contributed by atoms with Crippen molar-refractivity contribution in [3.63, 3.8) is 0 Å². The van der Waals surface area contributed by atoms with E-state index in [0.29, 0.717) is 0 Å². The van der Waals surface area contributed by atoms with Crippen LogP contribution in [0.5, 0.6) is 0 Å². The highest BCUT2D eigenvalue weighted by atomic mass is 16.3. The van der Waals surface area contributed by atoms with Gasteiger partial charge in [-0.25, -0.2) is 0 Å². The lowest BCUT2D eigenvalue weighted by Crippen LogP contribution is -2.14. The molecular weight excluding hydrogens is 474 g/mol. The lowest BCUT2D eigenvalue weighted by molar-refractivity contribution is 0.660. The zero-order chi connectivity index (χ0) is 26.1. The first kappa shape index (κ1) is 22.2. The highest BCUT2D eigenvalue weighted by Crippen LogP contribution is 2.51. The van der Waals surface area contributed by atoms with E-state index < -0.39 is 0 Å². The van der Waals surface area contributed by atoms with E-state index in [-0.39, 0.29) is 5.41 Å². The fraction of sp³-hybridized carbons (Fsp3) is 0.0811. The Bertz CT molecular complexity index is 2080. The van der Waals surface area contributed by atoms with E-state index in [2.05, 4.69) is 140 Å². The van der Waals surface area contributed by atoms with Gasteiger partial charge >= 0.3 is 0 Å². The minimum atomic E-state index is -0.0213. The van der Waals surface area contributed by atoms with Gasteiger partial charge in [0, 0.05) is 44.1 Å². The van der Waals surface area contributed by atoms with Crippen LogP contribution in [0, 0.1) is 0 Å². The molecule has 2 nitrogen and oxygen atoms in total. The second-order valence-electron chi connectivity index (χ2n) is 11.1. The van der Waals surface area contributed by atoms with Crippen LogP contribution in [0.2, 0.25) is 0 Å². The van der Waals surface area contributed by atoms with Gasteiger partial charge in [0.25, 0.3) is 0 Å². The Morgan fingerprint density at radius 1 is 0.564 bits per heavy atom. The Labute approximate surface area is 227 Å². The third-order valence-corrected chi connectivity index (χ3v) is 8.45. The summed E-state index contributed by atoms with van der Waals surface area (Å²) in [7, 11) is 0. The highest BCUT2D eigenvalue weighted by molar-refractivity contribution is 6.17. The molecule has 0 saturated heterocycles.